The van der Waals surface area contributed by atoms with Crippen LogP contribution in [0, 0.1) is 72.5 Å². The van der Waals surface area contributed by atoms with Crippen LogP contribution in [0.2, 0.25) is 0 Å². The van der Waals surface area contributed by atoms with Crippen molar-refractivity contribution in [3.63, 3.8) is 0 Å². The second kappa shape index (κ2) is 12.3. The fraction of sp³-hybridized carbons (Fsp3) is 0.677. The van der Waals surface area contributed by atoms with Crippen LogP contribution in [0.1, 0.15) is 74.7 Å². The van der Waals surface area contributed by atoms with Crippen LogP contribution >= 0.6 is 17.0 Å². The van der Waals surface area contributed by atoms with Gasteiger partial charge >= 0.3 is 37.9 Å². The zero-order valence-corrected chi connectivity index (χ0v) is 27.4. The molecule has 2 saturated carbocycles. The Labute approximate surface area is 231 Å². The average Bonchev–Trinajstić information content (AvgIpc) is 3.31. The monoisotopic (exact) mass is 582 g/mol. The second-order valence-electron chi connectivity index (χ2n) is 13.3. The molecule has 34 heavy (non-hydrogen) atoms. The molecule has 2 fully saturated rings. The molecule has 7 atom stereocenters. The molecule has 0 bridgehead atoms. The van der Waals surface area contributed by atoms with Gasteiger partial charge in [-0.3, -0.25) is 0 Å². The van der Waals surface area contributed by atoms with E-state index in [0.717, 1.165) is 17.8 Å². The van der Waals surface area contributed by atoms with E-state index >= 15 is 0 Å². The SMILES string of the molecule is CC(C)(C)C1=CC2C3C=CC=CC3C(C(C)(C)C3CCC(C(C)(C)C)C3)C2C=C1.[CH3-].[CH3-].[Cl][Zr+2][Cl]. The van der Waals surface area contributed by atoms with Crippen LogP contribution in [0.5, 0.6) is 0 Å². The number of rotatable bonds is 2. The van der Waals surface area contributed by atoms with Gasteiger partial charge in [0, 0.05) is 0 Å². The van der Waals surface area contributed by atoms with Gasteiger partial charge < -0.3 is 14.9 Å². The summed E-state index contributed by atoms with van der Waals surface area (Å²) in [6.45, 7) is 19.7. The van der Waals surface area contributed by atoms with Gasteiger partial charge in [0.25, 0.3) is 0 Å². The van der Waals surface area contributed by atoms with Gasteiger partial charge in [0.1, 0.15) is 0 Å². The van der Waals surface area contributed by atoms with Gasteiger partial charge in [0.2, 0.25) is 0 Å². The van der Waals surface area contributed by atoms with E-state index in [0.29, 0.717) is 34.5 Å². The first-order valence-corrected chi connectivity index (χ1v) is 18.9. The molecule has 0 N–H and O–H groups in total. The Bertz CT molecular complexity index is 774. The Kier molecular flexibility index (Phi) is 11.8. The quantitative estimate of drug-likeness (QED) is 0.283. The van der Waals surface area contributed by atoms with Gasteiger partial charge in [0.05, 0.1) is 0 Å². The first-order valence-electron chi connectivity index (χ1n) is 12.5. The molecule has 0 spiro atoms. The van der Waals surface area contributed by atoms with E-state index in [2.05, 4.69) is 97.9 Å². The van der Waals surface area contributed by atoms with Crippen molar-refractivity contribution >= 4 is 17.0 Å². The van der Waals surface area contributed by atoms with E-state index in [9.17, 15) is 0 Å². The minimum absolute atomic E-state index is 0. The topological polar surface area (TPSA) is 0 Å². The van der Waals surface area contributed by atoms with E-state index in [1.54, 1.807) is 0 Å². The summed E-state index contributed by atoms with van der Waals surface area (Å²) in [6.07, 6.45) is 21.7. The molecule has 0 saturated heterocycles. The van der Waals surface area contributed by atoms with E-state index in [-0.39, 0.29) is 20.3 Å². The molecule has 4 aliphatic rings. The molecule has 4 rings (SSSR count). The molecule has 0 aliphatic heterocycles. The number of hydrogen-bond acceptors (Lipinski definition) is 0. The number of hydrogen-bond donors (Lipinski definition) is 0. The molecule has 3 heteroatoms. The molecule has 192 valence electrons. The Hall–Kier alpha value is 0.423. The molecule has 0 aromatic heterocycles. The first kappa shape index (κ1) is 32.5. The van der Waals surface area contributed by atoms with E-state index < -0.39 is 20.8 Å². The van der Waals surface area contributed by atoms with Gasteiger partial charge in [-0.2, -0.15) is 0 Å². The van der Waals surface area contributed by atoms with Gasteiger partial charge in [-0.1, -0.05) is 97.9 Å². The summed E-state index contributed by atoms with van der Waals surface area (Å²) in [6, 6.07) is 0. The molecule has 0 nitrogen and oxygen atoms in total. The summed E-state index contributed by atoms with van der Waals surface area (Å²) < 4.78 is 0. The maximum atomic E-state index is 4.93. The summed E-state index contributed by atoms with van der Waals surface area (Å²) in [5.74, 6) is 5.22. The third-order valence-corrected chi connectivity index (χ3v) is 9.25. The Morgan fingerprint density at radius 1 is 0.735 bits per heavy atom. The average molecular weight is 585 g/mol. The van der Waals surface area contributed by atoms with Crippen LogP contribution in [-0.2, 0) is 20.8 Å². The first-order chi connectivity index (χ1) is 14.8. The van der Waals surface area contributed by atoms with Gasteiger partial charge in [-0.05, 0) is 82.5 Å². The second-order valence-corrected chi connectivity index (χ2v) is 17.0. The van der Waals surface area contributed by atoms with Crippen molar-refractivity contribution in [1.82, 2.24) is 0 Å². The van der Waals surface area contributed by atoms with Crippen molar-refractivity contribution in [2.75, 3.05) is 0 Å². The standard InChI is InChI=1S/C29H44.2CH3.2ClH.Zr/c1-27(2,3)19-13-14-21(17-19)29(7,8)26-23-12-10-9-11-22(23)25-18-20(28(4,5)6)15-16-24(25)26;;;;;/h9-12,15-16,18-19,21-26H,13-14,17H2,1-8H3;2*1H3;2*1H;/q;2*-1;;;+4/p-2. The van der Waals surface area contributed by atoms with Crippen LogP contribution in [0.25, 0.3) is 0 Å². The van der Waals surface area contributed by atoms with Crippen molar-refractivity contribution in [2.24, 2.45) is 57.7 Å². The molecular weight excluding hydrogens is 534 g/mol. The Morgan fingerprint density at radius 3 is 1.74 bits per heavy atom. The molecule has 0 amide bonds. The van der Waals surface area contributed by atoms with Crippen LogP contribution in [0.15, 0.2) is 48.1 Å². The maximum absolute atomic E-state index is 4.93. The zero-order valence-electron chi connectivity index (χ0n) is 23.5. The van der Waals surface area contributed by atoms with Gasteiger partial charge in [-0.15, -0.1) is 0 Å². The summed E-state index contributed by atoms with van der Waals surface area (Å²) in [7, 11) is 9.87. The van der Waals surface area contributed by atoms with Crippen molar-refractivity contribution < 1.29 is 20.8 Å². The number of fused-ring (bicyclic) bond motifs is 3. The van der Waals surface area contributed by atoms with Gasteiger partial charge in [-0.25, -0.2) is 0 Å². The van der Waals surface area contributed by atoms with E-state index in [1.165, 1.54) is 24.8 Å². The molecule has 0 aromatic carbocycles. The molecular formula is C31H50Cl2Zr. The normalized spacial score (nSPS) is 33.9. The fourth-order valence-corrected chi connectivity index (χ4v) is 7.29. The summed E-state index contributed by atoms with van der Waals surface area (Å²) >= 11 is -0.826. The van der Waals surface area contributed by atoms with Crippen LogP contribution in [0.4, 0.5) is 0 Å². The summed E-state index contributed by atoms with van der Waals surface area (Å²) in [5, 5.41) is 0. The van der Waals surface area contributed by atoms with Crippen molar-refractivity contribution in [3.05, 3.63) is 63.0 Å². The van der Waals surface area contributed by atoms with Gasteiger partial charge in [0.15, 0.2) is 0 Å². The van der Waals surface area contributed by atoms with Crippen molar-refractivity contribution in [3.8, 4) is 0 Å². The summed E-state index contributed by atoms with van der Waals surface area (Å²) in [5.41, 5.74) is 2.61. The molecule has 0 heterocycles. The third-order valence-electron chi connectivity index (χ3n) is 9.25. The van der Waals surface area contributed by atoms with E-state index in [1.807, 2.05) is 0 Å². The Morgan fingerprint density at radius 2 is 1.24 bits per heavy atom. The molecule has 7 unspecified atom stereocenters. The predicted octanol–water partition coefficient (Wildman–Crippen LogP) is 10.5. The van der Waals surface area contributed by atoms with Crippen LogP contribution in [0.3, 0.4) is 0 Å². The number of halogens is 2. The number of allylic oxidation sites excluding steroid dienone is 8. The predicted molar refractivity (Wildman–Crippen MR) is 151 cm³/mol. The molecule has 4 aliphatic carbocycles. The fourth-order valence-electron chi connectivity index (χ4n) is 7.29. The van der Waals surface area contributed by atoms with Crippen molar-refractivity contribution in [2.45, 2.75) is 74.7 Å². The van der Waals surface area contributed by atoms with Crippen molar-refractivity contribution in [1.29, 1.82) is 0 Å². The summed E-state index contributed by atoms with van der Waals surface area (Å²) in [4.78, 5) is 0. The molecule has 0 radical (unpaired) electrons. The minimum atomic E-state index is -0.826. The van der Waals surface area contributed by atoms with E-state index in [4.69, 9.17) is 17.0 Å². The Balaban J connectivity index is 0.00000110. The van der Waals surface area contributed by atoms with Crippen LogP contribution < -0.4 is 0 Å². The molecule has 0 aromatic rings. The van der Waals surface area contributed by atoms with Crippen LogP contribution in [-0.4, -0.2) is 0 Å². The third kappa shape index (κ3) is 6.64. The zero-order chi connectivity index (χ0) is 23.9.